The van der Waals surface area contributed by atoms with E-state index in [9.17, 15) is 0 Å². The van der Waals surface area contributed by atoms with Gasteiger partial charge in [-0.25, -0.2) is 0 Å². The number of halogens is 1. The highest BCUT2D eigenvalue weighted by molar-refractivity contribution is 6.18. The molecule has 3 heteroatoms. The molecule has 1 atom stereocenters. The van der Waals surface area contributed by atoms with E-state index in [1.54, 1.807) is 0 Å². The van der Waals surface area contributed by atoms with Crippen molar-refractivity contribution in [2.24, 2.45) is 0 Å². The van der Waals surface area contributed by atoms with Crippen LogP contribution < -0.4 is 0 Å². The molecule has 0 aliphatic carbocycles. The lowest BCUT2D eigenvalue weighted by Gasteiger charge is -2.31. The molecule has 17 heavy (non-hydrogen) atoms. The second-order valence-electron chi connectivity index (χ2n) is 5.07. The van der Waals surface area contributed by atoms with E-state index >= 15 is 0 Å². The number of alkyl halides is 1. The average Bonchev–Trinajstić information content (AvgIpc) is 2.38. The SMILES string of the molecule is CCCCCCCCCN1CCOC(CCl)C1. The zero-order valence-electron chi connectivity index (χ0n) is 11.3. The monoisotopic (exact) mass is 261 g/mol. The Morgan fingerprint density at radius 3 is 2.53 bits per heavy atom. The third-order valence-corrected chi connectivity index (χ3v) is 3.82. The van der Waals surface area contributed by atoms with Gasteiger partial charge in [0.2, 0.25) is 0 Å². The Morgan fingerprint density at radius 2 is 1.82 bits per heavy atom. The minimum absolute atomic E-state index is 0.259. The molecule has 2 nitrogen and oxygen atoms in total. The minimum atomic E-state index is 0.259. The van der Waals surface area contributed by atoms with E-state index in [0.717, 1.165) is 19.7 Å². The fraction of sp³-hybridized carbons (Fsp3) is 1.00. The minimum Gasteiger partial charge on any atom is -0.374 e. The normalized spacial score (nSPS) is 21.9. The standard InChI is InChI=1S/C14H28ClNO/c1-2-3-4-5-6-7-8-9-16-10-11-17-14(12-15)13-16/h14H,2-13H2,1H3. The van der Waals surface area contributed by atoms with Crippen molar-refractivity contribution in [3.05, 3.63) is 0 Å². The Hall–Kier alpha value is 0.210. The van der Waals surface area contributed by atoms with Gasteiger partial charge in [-0.05, 0) is 13.0 Å². The summed E-state index contributed by atoms with van der Waals surface area (Å²) in [5, 5.41) is 0. The molecular weight excluding hydrogens is 234 g/mol. The Balaban J connectivity index is 1.91. The molecule has 0 N–H and O–H groups in total. The van der Waals surface area contributed by atoms with Crippen LogP contribution in [0.4, 0.5) is 0 Å². The lowest BCUT2D eigenvalue weighted by atomic mass is 10.1. The molecule has 1 unspecified atom stereocenters. The predicted molar refractivity (Wildman–Crippen MR) is 74.9 cm³/mol. The van der Waals surface area contributed by atoms with Crippen molar-refractivity contribution in [1.29, 1.82) is 0 Å². The number of hydrogen-bond donors (Lipinski definition) is 0. The zero-order chi connectivity index (χ0) is 12.3. The molecule has 1 heterocycles. The smallest absolute Gasteiger partial charge is 0.0837 e. The predicted octanol–water partition coefficient (Wildman–Crippen LogP) is 3.68. The summed E-state index contributed by atoms with van der Waals surface area (Å²) in [6.07, 6.45) is 9.96. The number of morpholine rings is 1. The van der Waals surface area contributed by atoms with Crippen LogP contribution in [-0.2, 0) is 4.74 Å². The van der Waals surface area contributed by atoms with Crippen molar-refractivity contribution in [3.63, 3.8) is 0 Å². The lowest BCUT2D eigenvalue weighted by molar-refractivity contribution is -0.0167. The highest BCUT2D eigenvalue weighted by Crippen LogP contribution is 2.10. The number of ether oxygens (including phenoxy) is 1. The second-order valence-corrected chi connectivity index (χ2v) is 5.38. The highest BCUT2D eigenvalue weighted by atomic mass is 35.5. The van der Waals surface area contributed by atoms with Gasteiger partial charge in [-0.2, -0.15) is 0 Å². The van der Waals surface area contributed by atoms with Crippen LogP contribution in [0.2, 0.25) is 0 Å². The molecule has 0 aromatic rings. The van der Waals surface area contributed by atoms with Crippen LogP contribution in [0.5, 0.6) is 0 Å². The van der Waals surface area contributed by atoms with Crippen LogP contribution in [0.3, 0.4) is 0 Å². The van der Waals surface area contributed by atoms with E-state index in [4.69, 9.17) is 16.3 Å². The molecule has 1 rings (SSSR count). The van der Waals surface area contributed by atoms with E-state index in [1.165, 1.54) is 51.5 Å². The summed E-state index contributed by atoms with van der Waals surface area (Å²) in [6, 6.07) is 0. The average molecular weight is 262 g/mol. The van der Waals surface area contributed by atoms with Crippen LogP contribution in [0.1, 0.15) is 51.9 Å². The largest absolute Gasteiger partial charge is 0.374 e. The Labute approximate surface area is 112 Å². The first-order valence-electron chi connectivity index (χ1n) is 7.26. The van der Waals surface area contributed by atoms with Gasteiger partial charge in [0.15, 0.2) is 0 Å². The lowest BCUT2D eigenvalue weighted by Crippen LogP contribution is -2.43. The molecule has 0 bridgehead atoms. The van der Waals surface area contributed by atoms with Crippen molar-refractivity contribution in [2.75, 3.05) is 32.1 Å². The molecule has 0 radical (unpaired) electrons. The Morgan fingerprint density at radius 1 is 1.12 bits per heavy atom. The third-order valence-electron chi connectivity index (χ3n) is 3.47. The van der Waals surface area contributed by atoms with Crippen molar-refractivity contribution in [2.45, 2.75) is 58.0 Å². The van der Waals surface area contributed by atoms with Crippen LogP contribution >= 0.6 is 11.6 Å². The van der Waals surface area contributed by atoms with Gasteiger partial charge in [-0.3, -0.25) is 4.90 Å². The maximum atomic E-state index is 5.83. The first-order chi connectivity index (χ1) is 8.36. The summed E-state index contributed by atoms with van der Waals surface area (Å²) < 4.78 is 5.56. The van der Waals surface area contributed by atoms with Gasteiger partial charge in [-0.1, -0.05) is 45.4 Å². The van der Waals surface area contributed by atoms with Gasteiger partial charge in [-0.15, -0.1) is 11.6 Å². The van der Waals surface area contributed by atoms with Gasteiger partial charge in [0.05, 0.1) is 12.7 Å². The van der Waals surface area contributed by atoms with Gasteiger partial charge >= 0.3 is 0 Å². The highest BCUT2D eigenvalue weighted by Gasteiger charge is 2.18. The molecule has 1 aliphatic heterocycles. The summed E-state index contributed by atoms with van der Waals surface area (Å²) in [5.74, 6) is 0.632. The summed E-state index contributed by atoms with van der Waals surface area (Å²) in [4.78, 5) is 2.50. The van der Waals surface area contributed by atoms with Crippen molar-refractivity contribution in [1.82, 2.24) is 4.90 Å². The molecule has 1 fully saturated rings. The fourth-order valence-electron chi connectivity index (χ4n) is 2.37. The number of unbranched alkanes of at least 4 members (excludes halogenated alkanes) is 6. The van der Waals surface area contributed by atoms with Crippen LogP contribution in [0, 0.1) is 0 Å². The topological polar surface area (TPSA) is 12.5 Å². The Kier molecular flexibility index (Phi) is 9.13. The van der Waals surface area contributed by atoms with Gasteiger partial charge in [0, 0.05) is 19.0 Å². The van der Waals surface area contributed by atoms with E-state index in [1.807, 2.05) is 0 Å². The number of hydrogen-bond acceptors (Lipinski definition) is 2. The first kappa shape index (κ1) is 15.3. The molecule has 102 valence electrons. The van der Waals surface area contributed by atoms with E-state index in [0.29, 0.717) is 5.88 Å². The summed E-state index contributed by atoms with van der Waals surface area (Å²) in [6.45, 7) is 6.46. The zero-order valence-corrected chi connectivity index (χ0v) is 12.1. The fourth-order valence-corrected chi connectivity index (χ4v) is 2.56. The van der Waals surface area contributed by atoms with E-state index < -0.39 is 0 Å². The van der Waals surface area contributed by atoms with Crippen LogP contribution in [0.25, 0.3) is 0 Å². The molecule has 0 aromatic heterocycles. The van der Waals surface area contributed by atoms with Crippen LogP contribution in [0.15, 0.2) is 0 Å². The maximum Gasteiger partial charge on any atom is 0.0837 e. The molecule has 0 spiro atoms. The van der Waals surface area contributed by atoms with Crippen molar-refractivity contribution >= 4 is 11.6 Å². The van der Waals surface area contributed by atoms with Gasteiger partial charge in [0.1, 0.15) is 0 Å². The van der Waals surface area contributed by atoms with E-state index in [2.05, 4.69) is 11.8 Å². The molecule has 0 aromatic carbocycles. The molecule has 0 amide bonds. The van der Waals surface area contributed by atoms with E-state index in [-0.39, 0.29) is 6.10 Å². The maximum absolute atomic E-state index is 5.83. The first-order valence-corrected chi connectivity index (χ1v) is 7.80. The molecule has 1 saturated heterocycles. The summed E-state index contributed by atoms with van der Waals surface area (Å²) >= 11 is 5.83. The second kappa shape index (κ2) is 10.2. The van der Waals surface area contributed by atoms with Crippen molar-refractivity contribution in [3.8, 4) is 0 Å². The van der Waals surface area contributed by atoms with Crippen molar-refractivity contribution < 1.29 is 4.74 Å². The molecule has 0 saturated carbocycles. The molecule has 1 aliphatic rings. The Bertz CT molecular complexity index is 178. The quantitative estimate of drug-likeness (QED) is 0.464. The third kappa shape index (κ3) is 7.28. The molecular formula is C14H28ClNO. The summed E-state index contributed by atoms with van der Waals surface area (Å²) in [7, 11) is 0. The van der Waals surface area contributed by atoms with Gasteiger partial charge in [0.25, 0.3) is 0 Å². The number of rotatable bonds is 9. The van der Waals surface area contributed by atoms with Crippen LogP contribution in [-0.4, -0.2) is 43.1 Å². The number of nitrogens with zero attached hydrogens (tertiary/aromatic N) is 1. The van der Waals surface area contributed by atoms with Gasteiger partial charge < -0.3 is 4.74 Å². The summed E-state index contributed by atoms with van der Waals surface area (Å²) in [5.41, 5.74) is 0.